The zero-order valence-corrected chi connectivity index (χ0v) is 16.0. The predicted octanol–water partition coefficient (Wildman–Crippen LogP) is 5.82. The van der Waals surface area contributed by atoms with Crippen LogP contribution in [0.1, 0.15) is 37.1 Å². The molecular weight excluding hydrogens is 370 g/mol. The Morgan fingerprint density at radius 1 is 1.00 bits per heavy atom. The molecule has 1 heterocycles. The van der Waals surface area contributed by atoms with Crippen LogP contribution in [0.5, 0.6) is 0 Å². The molecule has 28 heavy (non-hydrogen) atoms. The Morgan fingerprint density at radius 2 is 1.68 bits per heavy atom. The van der Waals surface area contributed by atoms with E-state index in [0.717, 1.165) is 5.39 Å². The lowest BCUT2D eigenvalue weighted by Gasteiger charge is -2.38. The molecule has 2 aromatic carbocycles. The highest BCUT2D eigenvalue weighted by atomic mass is 19.4. The van der Waals surface area contributed by atoms with Crippen LogP contribution in [0, 0.1) is 12.7 Å². The maximum Gasteiger partial charge on any atom is 0.417 e. The summed E-state index contributed by atoms with van der Waals surface area (Å²) < 4.78 is 55.5. The molecule has 0 radical (unpaired) electrons. The van der Waals surface area contributed by atoms with Crippen LogP contribution in [0.3, 0.4) is 0 Å². The quantitative estimate of drug-likeness (QED) is 0.527. The van der Waals surface area contributed by atoms with Crippen molar-refractivity contribution in [3.05, 3.63) is 71.2 Å². The zero-order valence-electron chi connectivity index (χ0n) is 16.0. The highest BCUT2D eigenvalue weighted by molar-refractivity contribution is 5.80. The molecule has 3 aromatic rings. The number of halogens is 4. The number of aromatic amines is 1. The molecule has 0 fully saturated rings. The van der Waals surface area contributed by atoms with Crippen molar-refractivity contribution in [1.82, 2.24) is 4.98 Å². The van der Waals surface area contributed by atoms with Gasteiger partial charge in [0.15, 0.2) is 5.60 Å². The number of hydrogen-bond acceptors (Lipinski definition) is 1. The summed E-state index contributed by atoms with van der Waals surface area (Å²) in [6, 6.07) is 12.8. The number of para-hydroxylation sites is 1. The minimum absolute atomic E-state index is 0.299. The Kier molecular flexibility index (Phi) is 5.04. The van der Waals surface area contributed by atoms with E-state index >= 15 is 0 Å². The first-order valence-corrected chi connectivity index (χ1v) is 9.04. The topological polar surface area (TPSA) is 36.0 Å². The van der Waals surface area contributed by atoms with E-state index in [4.69, 9.17) is 0 Å². The average molecular weight is 393 g/mol. The summed E-state index contributed by atoms with van der Waals surface area (Å²) >= 11 is 0. The molecule has 2 N–H and O–H groups in total. The van der Waals surface area contributed by atoms with Crippen LogP contribution in [0.15, 0.2) is 48.5 Å². The van der Waals surface area contributed by atoms with Gasteiger partial charge in [-0.05, 0) is 59.5 Å². The van der Waals surface area contributed by atoms with Crippen LogP contribution in [-0.4, -0.2) is 21.9 Å². The third-order valence-electron chi connectivity index (χ3n) is 5.26. The maximum atomic E-state index is 13.9. The highest BCUT2D eigenvalue weighted by Crippen LogP contribution is 2.43. The van der Waals surface area contributed by atoms with Crippen LogP contribution in [0.2, 0.25) is 0 Å². The van der Waals surface area contributed by atoms with E-state index in [9.17, 15) is 22.7 Å². The Morgan fingerprint density at radius 3 is 2.32 bits per heavy atom. The van der Waals surface area contributed by atoms with Crippen molar-refractivity contribution in [2.75, 3.05) is 0 Å². The first kappa shape index (κ1) is 20.4. The van der Waals surface area contributed by atoms with Gasteiger partial charge >= 0.3 is 6.18 Å². The third-order valence-corrected chi connectivity index (χ3v) is 5.26. The van der Waals surface area contributed by atoms with Crippen molar-refractivity contribution in [2.45, 2.75) is 50.8 Å². The molecule has 0 aliphatic heterocycles. The number of benzene rings is 2. The molecule has 2 nitrogen and oxygen atoms in total. The van der Waals surface area contributed by atoms with E-state index < -0.39 is 35.9 Å². The molecule has 0 amide bonds. The average Bonchev–Trinajstić information content (AvgIpc) is 2.97. The normalized spacial score (nSPS) is 15.0. The summed E-state index contributed by atoms with van der Waals surface area (Å²) in [6.07, 6.45) is -6.05. The van der Waals surface area contributed by atoms with Gasteiger partial charge in [0, 0.05) is 17.6 Å². The molecule has 1 atom stereocenters. The van der Waals surface area contributed by atoms with E-state index in [1.807, 2.05) is 0 Å². The molecule has 3 rings (SSSR count). The van der Waals surface area contributed by atoms with Gasteiger partial charge in [-0.15, -0.1) is 0 Å². The second-order valence-corrected chi connectivity index (χ2v) is 8.11. The standard InChI is InChI=1S/C22H23F4NO/c1-14-8-9-16(23)11-18(14)20(2,3)13-21(28,22(24,25)26)12-17-10-15-6-4-5-7-19(15)27-17/h4-11,27-28H,12-13H2,1-3H3. The van der Waals surface area contributed by atoms with Crippen LogP contribution in [0.25, 0.3) is 10.9 Å². The summed E-state index contributed by atoms with van der Waals surface area (Å²) in [5.74, 6) is -0.514. The van der Waals surface area contributed by atoms with E-state index in [2.05, 4.69) is 4.98 Å². The van der Waals surface area contributed by atoms with Gasteiger partial charge < -0.3 is 10.1 Å². The van der Waals surface area contributed by atoms with Gasteiger partial charge in [0.05, 0.1) is 0 Å². The predicted molar refractivity (Wildman–Crippen MR) is 102 cm³/mol. The van der Waals surface area contributed by atoms with Gasteiger partial charge in [-0.2, -0.15) is 13.2 Å². The van der Waals surface area contributed by atoms with Crippen molar-refractivity contribution in [1.29, 1.82) is 0 Å². The Labute approximate surface area is 161 Å². The van der Waals surface area contributed by atoms with Crippen molar-refractivity contribution in [3.63, 3.8) is 0 Å². The first-order chi connectivity index (χ1) is 12.9. The van der Waals surface area contributed by atoms with Crippen LogP contribution < -0.4 is 0 Å². The van der Waals surface area contributed by atoms with Gasteiger partial charge in [0.25, 0.3) is 0 Å². The SMILES string of the molecule is Cc1ccc(F)cc1C(C)(C)CC(O)(Cc1cc2ccccc2[nH]1)C(F)(F)F. The first-order valence-electron chi connectivity index (χ1n) is 9.04. The van der Waals surface area contributed by atoms with E-state index in [1.54, 1.807) is 51.1 Å². The number of H-pyrrole nitrogens is 1. The zero-order chi connectivity index (χ0) is 20.7. The number of fused-ring (bicyclic) bond motifs is 1. The summed E-state index contributed by atoms with van der Waals surface area (Å²) in [5.41, 5.74) is -1.91. The lowest BCUT2D eigenvalue weighted by Crippen LogP contribution is -2.51. The fraction of sp³-hybridized carbons (Fsp3) is 0.364. The van der Waals surface area contributed by atoms with Gasteiger partial charge in [0.1, 0.15) is 5.82 Å². The lowest BCUT2D eigenvalue weighted by molar-refractivity contribution is -0.266. The monoisotopic (exact) mass is 393 g/mol. The number of aliphatic hydroxyl groups is 1. The molecule has 0 aliphatic rings. The fourth-order valence-electron chi connectivity index (χ4n) is 3.96. The molecule has 150 valence electrons. The number of nitrogens with one attached hydrogen (secondary N) is 1. The van der Waals surface area contributed by atoms with Crippen LogP contribution in [-0.2, 0) is 11.8 Å². The lowest BCUT2D eigenvalue weighted by atomic mass is 9.72. The molecule has 6 heteroatoms. The van der Waals surface area contributed by atoms with Gasteiger partial charge in [-0.3, -0.25) is 0 Å². The second kappa shape index (κ2) is 6.92. The smallest absolute Gasteiger partial charge is 0.380 e. The molecule has 1 aromatic heterocycles. The minimum Gasteiger partial charge on any atom is -0.380 e. The molecule has 1 unspecified atom stereocenters. The number of alkyl halides is 3. The van der Waals surface area contributed by atoms with Crippen molar-refractivity contribution in [3.8, 4) is 0 Å². The van der Waals surface area contributed by atoms with Crippen LogP contribution >= 0.6 is 0 Å². The maximum absolute atomic E-state index is 13.9. The molecule has 0 saturated heterocycles. The van der Waals surface area contributed by atoms with Gasteiger partial charge in [-0.25, -0.2) is 4.39 Å². The Balaban J connectivity index is 1.98. The van der Waals surface area contributed by atoms with E-state index in [1.165, 1.54) is 18.2 Å². The largest absolute Gasteiger partial charge is 0.417 e. The molecule has 0 spiro atoms. The van der Waals surface area contributed by atoms with Gasteiger partial charge in [0.2, 0.25) is 0 Å². The summed E-state index contributed by atoms with van der Waals surface area (Å²) in [7, 11) is 0. The Hall–Kier alpha value is -2.34. The van der Waals surface area contributed by atoms with Crippen molar-refractivity contribution >= 4 is 10.9 Å². The number of rotatable bonds is 5. The molecular formula is C22H23F4NO. The molecule has 0 bridgehead atoms. The number of aromatic nitrogens is 1. The summed E-state index contributed by atoms with van der Waals surface area (Å²) in [4.78, 5) is 2.95. The van der Waals surface area contributed by atoms with Crippen molar-refractivity contribution < 1.29 is 22.7 Å². The van der Waals surface area contributed by atoms with Crippen molar-refractivity contribution in [2.24, 2.45) is 0 Å². The Bertz CT molecular complexity index is 957. The number of aryl methyl sites for hydroxylation is 1. The third kappa shape index (κ3) is 3.92. The summed E-state index contributed by atoms with van der Waals surface area (Å²) in [5, 5.41) is 11.5. The minimum atomic E-state index is -4.84. The molecule has 0 saturated carbocycles. The highest BCUT2D eigenvalue weighted by Gasteiger charge is 2.56. The second-order valence-electron chi connectivity index (χ2n) is 8.11. The van der Waals surface area contributed by atoms with E-state index in [0.29, 0.717) is 22.3 Å². The fourth-order valence-corrected chi connectivity index (χ4v) is 3.96. The van der Waals surface area contributed by atoms with Crippen LogP contribution in [0.4, 0.5) is 17.6 Å². The number of hydrogen-bond donors (Lipinski definition) is 2. The van der Waals surface area contributed by atoms with E-state index in [-0.39, 0.29) is 0 Å². The van der Waals surface area contributed by atoms with Gasteiger partial charge in [-0.1, -0.05) is 38.1 Å². The summed E-state index contributed by atoms with van der Waals surface area (Å²) in [6.45, 7) is 4.91. The molecule has 0 aliphatic carbocycles.